The fourth-order valence-corrected chi connectivity index (χ4v) is 3.53. The summed E-state index contributed by atoms with van der Waals surface area (Å²) >= 11 is 0. The summed E-state index contributed by atoms with van der Waals surface area (Å²) in [5.41, 5.74) is 1.06. The lowest BCUT2D eigenvalue weighted by Gasteiger charge is -2.39. The molecule has 2 aliphatic rings. The minimum atomic E-state index is 0.291. The molecule has 2 nitrogen and oxygen atoms in total. The van der Waals surface area contributed by atoms with E-state index in [4.69, 9.17) is 0 Å². The first kappa shape index (κ1) is 10.8. The molecule has 2 fully saturated rings. The Kier molecular flexibility index (Phi) is 2.65. The van der Waals surface area contributed by atoms with Gasteiger partial charge in [0.05, 0.1) is 0 Å². The molecular weight excluding hydrogens is 210 g/mol. The third-order valence-corrected chi connectivity index (χ3v) is 4.42. The van der Waals surface area contributed by atoms with Crippen molar-refractivity contribution >= 4 is 11.6 Å². The van der Waals surface area contributed by atoms with Gasteiger partial charge in [-0.05, 0) is 36.8 Å². The Morgan fingerprint density at radius 1 is 1.18 bits per heavy atom. The first-order valence-corrected chi connectivity index (χ1v) is 6.64. The summed E-state index contributed by atoms with van der Waals surface area (Å²) in [5.74, 6) is 1.93. The molecular formula is C15H19NO. The summed E-state index contributed by atoms with van der Waals surface area (Å²) in [6, 6.07) is 10.1. The lowest BCUT2D eigenvalue weighted by Crippen LogP contribution is -2.48. The molecule has 17 heavy (non-hydrogen) atoms. The molecule has 3 atom stereocenters. The highest BCUT2D eigenvalue weighted by molar-refractivity contribution is 5.96. The Hall–Kier alpha value is -1.31. The van der Waals surface area contributed by atoms with Crippen molar-refractivity contribution in [3.63, 3.8) is 0 Å². The van der Waals surface area contributed by atoms with E-state index in [1.165, 1.54) is 12.8 Å². The van der Waals surface area contributed by atoms with Crippen LogP contribution in [0.15, 0.2) is 30.3 Å². The zero-order valence-corrected chi connectivity index (χ0v) is 10.3. The molecule has 90 valence electrons. The van der Waals surface area contributed by atoms with Crippen molar-refractivity contribution in [3.8, 4) is 0 Å². The maximum absolute atomic E-state index is 12.5. The summed E-state index contributed by atoms with van der Waals surface area (Å²) < 4.78 is 0. The minimum Gasteiger partial charge on any atom is -0.312 e. The van der Waals surface area contributed by atoms with Gasteiger partial charge in [0.25, 0.3) is 0 Å². The van der Waals surface area contributed by atoms with Crippen molar-refractivity contribution in [3.05, 3.63) is 30.3 Å². The van der Waals surface area contributed by atoms with Crippen LogP contribution in [0.3, 0.4) is 0 Å². The number of hydrogen-bond acceptors (Lipinski definition) is 1. The molecule has 1 amide bonds. The molecule has 0 bridgehead atoms. The van der Waals surface area contributed by atoms with Crippen molar-refractivity contribution in [1.29, 1.82) is 0 Å². The lowest BCUT2D eigenvalue weighted by molar-refractivity contribution is -0.126. The van der Waals surface area contributed by atoms with Gasteiger partial charge in [0, 0.05) is 18.2 Å². The fourth-order valence-electron chi connectivity index (χ4n) is 3.53. The summed E-state index contributed by atoms with van der Waals surface area (Å²) in [6.07, 6.45) is 3.57. The third-order valence-electron chi connectivity index (χ3n) is 4.42. The highest BCUT2D eigenvalue weighted by Gasteiger charge is 2.43. The average molecular weight is 229 g/mol. The largest absolute Gasteiger partial charge is 0.312 e. The molecule has 2 unspecified atom stereocenters. The molecule has 1 heterocycles. The van der Waals surface area contributed by atoms with Crippen LogP contribution in [0.2, 0.25) is 0 Å². The standard InChI is InChI=1S/C15H19NO/c1-11-10-16(12-6-3-2-4-7-12)15(17)14-9-5-8-13(11)14/h2-4,6-7,11,13-14H,5,8-10H2,1H3/t11-,13?,14?/m1/s1. The van der Waals surface area contributed by atoms with Crippen molar-refractivity contribution in [2.75, 3.05) is 11.4 Å². The highest BCUT2D eigenvalue weighted by atomic mass is 16.2. The predicted molar refractivity (Wildman–Crippen MR) is 68.8 cm³/mol. The van der Waals surface area contributed by atoms with Crippen LogP contribution < -0.4 is 4.90 Å². The highest BCUT2D eigenvalue weighted by Crippen LogP contribution is 2.42. The molecule has 1 saturated heterocycles. The van der Waals surface area contributed by atoms with Gasteiger partial charge in [-0.25, -0.2) is 0 Å². The second kappa shape index (κ2) is 4.17. The first-order chi connectivity index (χ1) is 8.27. The summed E-state index contributed by atoms with van der Waals surface area (Å²) in [7, 11) is 0. The molecule has 0 aromatic heterocycles. The number of piperidine rings is 1. The van der Waals surface area contributed by atoms with E-state index in [1.807, 2.05) is 35.2 Å². The molecule has 1 aliphatic heterocycles. The second-order valence-corrected chi connectivity index (χ2v) is 5.46. The van der Waals surface area contributed by atoms with E-state index >= 15 is 0 Å². The monoisotopic (exact) mass is 229 g/mol. The molecule has 0 radical (unpaired) electrons. The fraction of sp³-hybridized carbons (Fsp3) is 0.533. The number of rotatable bonds is 1. The van der Waals surface area contributed by atoms with Crippen LogP contribution in [0.25, 0.3) is 0 Å². The van der Waals surface area contributed by atoms with E-state index in [-0.39, 0.29) is 0 Å². The SMILES string of the molecule is C[C@@H]1CN(c2ccccc2)C(=O)C2CCCC21. The van der Waals surface area contributed by atoms with E-state index in [0.29, 0.717) is 23.7 Å². The number of hydrogen-bond donors (Lipinski definition) is 0. The maximum Gasteiger partial charge on any atom is 0.230 e. The normalized spacial score (nSPS) is 32.6. The quantitative estimate of drug-likeness (QED) is 0.724. The third kappa shape index (κ3) is 1.76. The minimum absolute atomic E-state index is 0.291. The van der Waals surface area contributed by atoms with Gasteiger partial charge in [-0.15, -0.1) is 0 Å². The zero-order valence-electron chi connectivity index (χ0n) is 10.3. The lowest BCUT2D eigenvalue weighted by atomic mass is 9.80. The summed E-state index contributed by atoms with van der Waals surface area (Å²) in [5, 5.41) is 0. The molecule has 0 N–H and O–H groups in total. The smallest absolute Gasteiger partial charge is 0.230 e. The Balaban J connectivity index is 1.89. The summed E-state index contributed by atoms with van der Waals surface area (Å²) in [6.45, 7) is 3.19. The van der Waals surface area contributed by atoms with Crippen molar-refractivity contribution in [1.82, 2.24) is 0 Å². The Labute approximate surface area is 103 Å². The van der Waals surface area contributed by atoms with Gasteiger partial charge in [0.1, 0.15) is 0 Å². The molecule has 1 aromatic rings. The number of nitrogens with zero attached hydrogens (tertiary/aromatic N) is 1. The molecule has 1 aliphatic carbocycles. The van der Waals surface area contributed by atoms with Gasteiger partial charge >= 0.3 is 0 Å². The number of carbonyl (C=O) groups excluding carboxylic acids is 1. The van der Waals surface area contributed by atoms with Gasteiger partial charge in [0.15, 0.2) is 0 Å². The molecule has 3 rings (SSSR count). The Morgan fingerprint density at radius 2 is 1.94 bits per heavy atom. The topological polar surface area (TPSA) is 20.3 Å². The number of amides is 1. The van der Waals surface area contributed by atoms with Gasteiger partial charge in [-0.2, -0.15) is 0 Å². The van der Waals surface area contributed by atoms with Crippen LogP contribution >= 0.6 is 0 Å². The van der Waals surface area contributed by atoms with Crippen molar-refractivity contribution < 1.29 is 4.79 Å². The van der Waals surface area contributed by atoms with E-state index in [0.717, 1.165) is 18.7 Å². The van der Waals surface area contributed by atoms with Crippen LogP contribution in [-0.4, -0.2) is 12.5 Å². The van der Waals surface area contributed by atoms with Crippen LogP contribution in [0.4, 0.5) is 5.69 Å². The van der Waals surface area contributed by atoms with Gasteiger partial charge in [-0.1, -0.05) is 31.5 Å². The first-order valence-electron chi connectivity index (χ1n) is 6.64. The van der Waals surface area contributed by atoms with Crippen LogP contribution in [0.5, 0.6) is 0 Å². The number of para-hydroxylation sites is 1. The van der Waals surface area contributed by atoms with E-state index < -0.39 is 0 Å². The Bertz CT molecular complexity index is 414. The Morgan fingerprint density at radius 3 is 2.71 bits per heavy atom. The molecule has 0 spiro atoms. The van der Waals surface area contributed by atoms with E-state index in [2.05, 4.69) is 6.92 Å². The zero-order chi connectivity index (χ0) is 11.8. The molecule has 1 aromatic carbocycles. The number of fused-ring (bicyclic) bond motifs is 1. The van der Waals surface area contributed by atoms with E-state index in [9.17, 15) is 4.79 Å². The maximum atomic E-state index is 12.5. The number of anilines is 1. The van der Waals surface area contributed by atoms with Crippen LogP contribution in [0, 0.1) is 17.8 Å². The van der Waals surface area contributed by atoms with Crippen molar-refractivity contribution in [2.45, 2.75) is 26.2 Å². The number of benzene rings is 1. The predicted octanol–water partition coefficient (Wildman–Crippen LogP) is 3.09. The number of carbonyl (C=O) groups is 1. The van der Waals surface area contributed by atoms with Crippen LogP contribution in [-0.2, 0) is 4.79 Å². The summed E-state index contributed by atoms with van der Waals surface area (Å²) in [4.78, 5) is 14.5. The van der Waals surface area contributed by atoms with E-state index in [1.54, 1.807) is 0 Å². The van der Waals surface area contributed by atoms with Gasteiger partial charge in [-0.3, -0.25) is 4.79 Å². The molecule has 2 heteroatoms. The molecule has 1 saturated carbocycles. The van der Waals surface area contributed by atoms with Crippen molar-refractivity contribution in [2.24, 2.45) is 17.8 Å². The average Bonchev–Trinajstić information content (AvgIpc) is 2.85. The van der Waals surface area contributed by atoms with Crippen LogP contribution in [0.1, 0.15) is 26.2 Å². The van der Waals surface area contributed by atoms with Gasteiger partial charge in [0.2, 0.25) is 5.91 Å². The van der Waals surface area contributed by atoms with Gasteiger partial charge < -0.3 is 4.90 Å². The second-order valence-electron chi connectivity index (χ2n) is 5.46.